The maximum atomic E-state index is 5.77. The Morgan fingerprint density at radius 1 is 1.00 bits per heavy atom. The highest BCUT2D eigenvalue weighted by atomic mass is 32.4. The van der Waals surface area contributed by atoms with Crippen molar-refractivity contribution >= 4 is 34.8 Å². The summed E-state index contributed by atoms with van der Waals surface area (Å²) in [6.45, 7) is 0. The lowest BCUT2D eigenvalue weighted by Gasteiger charge is -2.17. The molecule has 1 heterocycles. The molecule has 0 aliphatic carbocycles. The van der Waals surface area contributed by atoms with Gasteiger partial charge in [0.2, 0.25) is 0 Å². The number of anilines is 2. The minimum atomic E-state index is -1.96. The Morgan fingerprint density at radius 3 is 2.44 bits per heavy atom. The number of hydrogen-bond acceptors (Lipinski definition) is 2. The van der Waals surface area contributed by atoms with Crippen LogP contribution in [0.3, 0.4) is 0 Å². The molecule has 0 amide bonds. The van der Waals surface area contributed by atoms with Crippen molar-refractivity contribution < 1.29 is 4.74 Å². The first-order valence-electron chi connectivity index (χ1n) is 5.61. The summed E-state index contributed by atoms with van der Waals surface area (Å²) in [5, 5.41) is 8.01. The Kier molecular flexibility index (Phi) is 2.77. The van der Waals surface area contributed by atoms with E-state index in [1.807, 2.05) is 36.4 Å². The smallest absolute Gasteiger partial charge is 0.148 e. The van der Waals surface area contributed by atoms with E-state index in [1.165, 1.54) is 0 Å². The van der Waals surface area contributed by atoms with Crippen molar-refractivity contribution in [1.82, 2.24) is 0 Å². The van der Waals surface area contributed by atoms with Gasteiger partial charge in [-0.25, -0.2) is 0 Å². The summed E-state index contributed by atoms with van der Waals surface area (Å²) in [7, 11) is 1.66. The van der Waals surface area contributed by atoms with Crippen LogP contribution < -0.4 is 20.2 Å². The number of benzene rings is 2. The zero-order valence-electron chi connectivity index (χ0n) is 9.88. The van der Waals surface area contributed by atoms with Gasteiger partial charge in [-0.3, -0.25) is 0 Å². The van der Waals surface area contributed by atoms with E-state index in [1.54, 1.807) is 7.11 Å². The van der Waals surface area contributed by atoms with Crippen LogP contribution in [-0.2, 0) is 11.8 Å². The first-order valence-corrected chi connectivity index (χ1v) is 8.42. The highest BCUT2D eigenvalue weighted by molar-refractivity contribution is 8.19. The van der Waals surface area contributed by atoms with E-state index in [-0.39, 0.29) is 0 Å². The van der Waals surface area contributed by atoms with E-state index in [9.17, 15) is 0 Å². The van der Waals surface area contributed by atoms with E-state index in [2.05, 4.69) is 22.3 Å². The summed E-state index contributed by atoms with van der Waals surface area (Å²) >= 11 is 5.77. The monoisotopic (exact) mass is 276 g/mol. The van der Waals surface area contributed by atoms with Crippen LogP contribution in [0.2, 0.25) is 0 Å². The summed E-state index contributed by atoms with van der Waals surface area (Å²) in [5.74, 6) is 0.833. The molecule has 3 rings (SSSR count). The van der Waals surface area contributed by atoms with Gasteiger partial charge < -0.3 is 14.9 Å². The molecule has 2 aromatic rings. The average molecular weight is 276 g/mol. The Bertz CT molecular complexity index is 630. The van der Waals surface area contributed by atoms with Gasteiger partial charge in [0.1, 0.15) is 12.1 Å². The number of nitrogens with one attached hydrogen (secondary N) is 2. The largest absolute Gasteiger partial charge is 0.497 e. The highest BCUT2D eigenvalue weighted by Crippen LogP contribution is 2.54. The van der Waals surface area contributed by atoms with Crippen LogP contribution in [-0.4, -0.2) is 7.11 Å². The van der Waals surface area contributed by atoms with E-state index in [0.717, 1.165) is 22.4 Å². The van der Waals surface area contributed by atoms with Gasteiger partial charge in [-0.05, 0) is 23.9 Å². The predicted molar refractivity (Wildman–Crippen MR) is 80.6 cm³/mol. The van der Waals surface area contributed by atoms with Crippen LogP contribution in [0.25, 0.3) is 0 Å². The molecule has 92 valence electrons. The summed E-state index contributed by atoms with van der Waals surface area (Å²) in [4.78, 5) is 0. The van der Waals surface area contributed by atoms with Crippen LogP contribution in [0.1, 0.15) is 0 Å². The second-order valence-corrected chi connectivity index (χ2v) is 7.91. The van der Waals surface area contributed by atoms with Crippen LogP contribution in [0.15, 0.2) is 48.5 Å². The van der Waals surface area contributed by atoms with Gasteiger partial charge in [-0.15, -0.1) is 0 Å². The molecule has 1 atom stereocenters. The molecule has 3 nitrogen and oxygen atoms in total. The van der Waals surface area contributed by atoms with Gasteiger partial charge in [-0.2, -0.15) is 0 Å². The maximum Gasteiger partial charge on any atom is 0.148 e. The average Bonchev–Trinajstić information content (AvgIpc) is 2.76. The fraction of sp³-hybridized carbons (Fsp3) is 0.0769. The standard InChI is InChI=1S/C13H13N2OPS/c1-16-10-7-8-12-13(9-10)15-17(18,14-12)11-5-3-2-4-6-11/h2-9H,1H3,(H2,14,15,18). The van der Waals surface area contributed by atoms with Gasteiger partial charge in [0.15, 0.2) is 0 Å². The highest BCUT2D eigenvalue weighted by Gasteiger charge is 2.27. The summed E-state index contributed by atoms with van der Waals surface area (Å²) < 4.78 is 5.22. The van der Waals surface area contributed by atoms with Crippen molar-refractivity contribution in [2.45, 2.75) is 0 Å². The molecule has 18 heavy (non-hydrogen) atoms. The molecule has 0 aromatic heterocycles. The molecule has 0 radical (unpaired) electrons. The van der Waals surface area contributed by atoms with Gasteiger partial charge >= 0.3 is 0 Å². The lowest BCUT2D eigenvalue weighted by atomic mass is 10.2. The first kappa shape index (κ1) is 11.6. The van der Waals surface area contributed by atoms with Crippen LogP contribution in [0, 0.1) is 0 Å². The lowest BCUT2D eigenvalue weighted by Crippen LogP contribution is -2.11. The second kappa shape index (κ2) is 4.30. The Labute approximate surface area is 111 Å². The van der Waals surface area contributed by atoms with Crippen LogP contribution >= 0.6 is 6.34 Å². The van der Waals surface area contributed by atoms with E-state index >= 15 is 0 Å². The van der Waals surface area contributed by atoms with Crippen molar-refractivity contribution in [1.29, 1.82) is 0 Å². The lowest BCUT2D eigenvalue weighted by molar-refractivity contribution is 0.415. The fourth-order valence-electron chi connectivity index (χ4n) is 1.97. The van der Waals surface area contributed by atoms with Gasteiger partial charge in [0.25, 0.3) is 0 Å². The van der Waals surface area contributed by atoms with Crippen molar-refractivity contribution in [2.75, 3.05) is 17.3 Å². The van der Waals surface area contributed by atoms with E-state index in [0.29, 0.717) is 0 Å². The number of methoxy groups -OCH3 is 1. The quantitative estimate of drug-likeness (QED) is 0.825. The molecule has 1 aliphatic heterocycles. The van der Waals surface area contributed by atoms with Crippen molar-refractivity contribution in [3.05, 3.63) is 48.5 Å². The van der Waals surface area contributed by atoms with Crippen LogP contribution in [0.5, 0.6) is 5.75 Å². The maximum absolute atomic E-state index is 5.77. The third-order valence-corrected chi connectivity index (χ3v) is 6.22. The molecule has 0 saturated heterocycles. The summed E-state index contributed by atoms with van der Waals surface area (Å²) in [5.41, 5.74) is 2.06. The Hall–Kier alpha value is -1.51. The minimum Gasteiger partial charge on any atom is -0.497 e. The van der Waals surface area contributed by atoms with Gasteiger partial charge in [0, 0.05) is 11.4 Å². The van der Waals surface area contributed by atoms with Crippen LogP contribution in [0.4, 0.5) is 11.4 Å². The minimum absolute atomic E-state index is 0.833. The zero-order chi connectivity index (χ0) is 12.6. The zero-order valence-corrected chi connectivity index (χ0v) is 11.6. The molecular weight excluding hydrogens is 263 g/mol. The van der Waals surface area contributed by atoms with Gasteiger partial charge in [-0.1, -0.05) is 30.3 Å². The first-order chi connectivity index (χ1) is 8.71. The molecule has 0 bridgehead atoms. The SMILES string of the molecule is COc1ccc2c(c1)NP(=S)(c1ccccc1)N2. The second-order valence-electron chi connectivity index (χ2n) is 4.08. The molecule has 2 aromatic carbocycles. The van der Waals surface area contributed by atoms with Crippen molar-refractivity contribution in [3.63, 3.8) is 0 Å². The van der Waals surface area contributed by atoms with E-state index in [4.69, 9.17) is 16.5 Å². The molecule has 0 fully saturated rings. The van der Waals surface area contributed by atoms with Crippen molar-refractivity contribution in [3.8, 4) is 5.75 Å². The number of fused-ring (bicyclic) bond motifs is 1. The number of rotatable bonds is 2. The molecule has 1 unspecified atom stereocenters. The number of ether oxygens (including phenoxy) is 1. The topological polar surface area (TPSA) is 33.3 Å². The molecule has 1 aliphatic rings. The Balaban J connectivity index is 1.99. The molecule has 0 spiro atoms. The van der Waals surface area contributed by atoms with E-state index < -0.39 is 6.34 Å². The molecular formula is C13H13N2OPS. The number of hydrogen-bond donors (Lipinski definition) is 2. The normalized spacial score (nSPS) is 20.7. The van der Waals surface area contributed by atoms with Gasteiger partial charge in [0.05, 0.1) is 18.5 Å². The molecule has 5 heteroatoms. The fourth-order valence-corrected chi connectivity index (χ4v) is 4.89. The third-order valence-electron chi connectivity index (χ3n) is 2.90. The summed E-state index contributed by atoms with van der Waals surface area (Å²) in [6, 6.07) is 16.0. The molecule has 2 N–H and O–H groups in total. The molecule has 0 saturated carbocycles. The summed E-state index contributed by atoms with van der Waals surface area (Å²) in [6.07, 6.45) is -1.96. The predicted octanol–water partition coefficient (Wildman–Crippen LogP) is 3.17. The third kappa shape index (κ3) is 1.88. The van der Waals surface area contributed by atoms with Crippen molar-refractivity contribution in [2.24, 2.45) is 0 Å². The Morgan fingerprint density at radius 2 is 1.72 bits per heavy atom.